The highest BCUT2D eigenvalue weighted by atomic mass is 32.2. The van der Waals surface area contributed by atoms with Crippen LogP contribution < -0.4 is 10.5 Å². The van der Waals surface area contributed by atoms with Gasteiger partial charge < -0.3 is 10.5 Å². The van der Waals surface area contributed by atoms with Gasteiger partial charge in [0.05, 0.1) is 12.8 Å². The highest BCUT2D eigenvalue weighted by molar-refractivity contribution is 7.99. The minimum atomic E-state index is 0.802. The van der Waals surface area contributed by atoms with E-state index < -0.39 is 0 Å². The van der Waals surface area contributed by atoms with Crippen molar-refractivity contribution in [2.24, 2.45) is 5.92 Å². The summed E-state index contributed by atoms with van der Waals surface area (Å²) in [4.78, 5) is 0. The number of nitrogen functional groups attached to an aromatic ring is 1. The summed E-state index contributed by atoms with van der Waals surface area (Å²) in [6.07, 6.45) is 3.74. The Balaban J connectivity index is 2.08. The predicted molar refractivity (Wildman–Crippen MR) is 71.2 cm³/mol. The number of hydrogen-bond acceptors (Lipinski definition) is 3. The van der Waals surface area contributed by atoms with Gasteiger partial charge in [0.2, 0.25) is 0 Å². The molecule has 0 saturated carbocycles. The van der Waals surface area contributed by atoms with Crippen LogP contribution in [-0.4, -0.2) is 18.6 Å². The minimum Gasteiger partial charge on any atom is -0.495 e. The van der Waals surface area contributed by atoms with Gasteiger partial charge in [-0.3, -0.25) is 0 Å². The zero-order valence-corrected chi connectivity index (χ0v) is 10.6. The summed E-state index contributed by atoms with van der Waals surface area (Å²) in [5, 5.41) is 0. The summed E-state index contributed by atoms with van der Waals surface area (Å²) >= 11 is 2.07. The molecule has 3 heteroatoms. The Morgan fingerprint density at radius 3 is 2.81 bits per heavy atom. The molecule has 1 aromatic rings. The number of anilines is 1. The number of hydrogen-bond donors (Lipinski definition) is 1. The van der Waals surface area contributed by atoms with Crippen LogP contribution in [-0.2, 0) is 6.42 Å². The van der Waals surface area contributed by atoms with Crippen LogP contribution in [0.3, 0.4) is 0 Å². The van der Waals surface area contributed by atoms with Gasteiger partial charge in [-0.1, -0.05) is 12.1 Å². The van der Waals surface area contributed by atoms with Crippen molar-refractivity contribution in [3.8, 4) is 5.75 Å². The van der Waals surface area contributed by atoms with Gasteiger partial charge in [0.15, 0.2) is 0 Å². The topological polar surface area (TPSA) is 35.2 Å². The molecule has 16 heavy (non-hydrogen) atoms. The van der Waals surface area contributed by atoms with E-state index in [4.69, 9.17) is 10.5 Å². The molecule has 0 aromatic heterocycles. The molecule has 2 rings (SSSR count). The number of thioether (sulfide) groups is 1. The molecule has 0 spiro atoms. The molecule has 1 fully saturated rings. The molecular formula is C13H19NOS. The molecule has 0 unspecified atom stereocenters. The molecule has 0 aliphatic carbocycles. The van der Waals surface area contributed by atoms with Gasteiger partial charge in [-0.15, -0.1) is 0 Å². The van der Waals surface area contributed by atoms with Crippen molar-refractivity contribution in [1.29, 1.82) is 0 Å². The van der Waals surface area contributed by atoms with Crippen LogP contribution in [0.5, 0.6) is 5.75 Å². The SMILES string of the molecule is COc1cccc(CC2CCSCC2)c1N. The van der Waals surface area contributed by atoms with E-state index in [1.54, 1.807) is 7.11 Å². The van der Waals surface area contributed by atoms with Crippen LogP contribution >= 0.6 is 11.8 Å². The van der Waals surface area contributed by atoms with Gasteiger partial charge in [-0.2, -0.15) is 11.8 Å². The van der Waals surface area contributed by atoms with Crippen molar-refractivity contribution in [2.75, 3.05) is 24.3 Å². The van der Waals surface area contributed by atoms with Gasteiger partial charge >= 0.3 is 0 Å². The second kappa shape index (κ2) is 5.48. The number of nitrogens with two attached hydrogens (primary N) is 1. The lowest BCUT2D eigenvalue weighted by Gasteiger charge is -2.22. The van der Waals surface area contributed by atoms with Crippen LogP contribution in [0.1, 0.15) is 18.4 Å². The zero-order valence-electron chi connectivity index (χ0n) is 9.74. The summed E-state index contributed by atoms with van der Waals surface area (Å²) in [5.41, 5.74) is 8.15. The van der Waals surface area contributed by atoms with E-state index in [1.807, 2.05) is 12.1 Å². The Morgan fingerprint density at radius 2 is 2.12 bits per heavy atom. The van der Waals surface area contributed by atoms with E-state index in [9.17, 15) is 0 Å². The average Bonchev–Trinajstić information content (AvgIpc) is 2.33. The van der Waals surface area contributed by atoms with Crippen molar-refractivity contribution in [1.82, 2.24) is 0 Å². The zero-order chi connectivity index (χ0) is 11.4. The highest BCUT2D eigenvalue weighted by Gasteiger charge is 2.16. The first-order chi connectivity index (χ1) is 7.81. The molecule has 1 aromatic carbocycles. The van der Waals surface area contributed by atoms with E-state index in [2.05, 4.69) is 17.8 Å². The Morgan fingerprint density at radius 1 is 1.38 bits per heavy atom. The fourth-order valence-electron chi connectivity index (χ4n) is 2.21. The molecule has 1 aliphatic heterocycles. The fourth-order valence-corrected chi connectivity index (χ4v) is 3.41. The molecule has 1 heterocycles. The van der Waals surface area contributed by atoms with Crippen molar-refractivity contribution in [3.05, 3.63) is 23.8 Å². The number of ether oxygens (including phenoxy) is 1. The maximum absolute atomic E-state index is 6.08. The van der Waals surface area contributed by atoms with E-state index in [0.717, 1.165) is 23.8 Å². The molecule has 2 nitrogen and oxygen atoms in total. The van der Waals surface area contributed by atoms with Gasteiger partial charge in [-0.05, 0) is 48.3 Å². The maximum atomic E-state index is 6.08. The molecule has 0 atom stereocenters. The largest absolute Gasteiger partial charge is 0.495 e. The monoisotopic (exact) mass is 237 g/mol. The Hall–Kier alpha value is -0.830. The quantitative estimate of drug-likeness (QED) is 0.821. The van der Waals surface area contributed by atoms with E-state index in [-0.39, 0.29) is 0 Å². The summed E-state index contributed by atoms with van der Waals surface area (Å²) < 4.78 is 5.25. The van der Waals surface area contributed by atoms with Gasteiger partial charge in [-0.25, -0.2) is 0 Å². The second-order valence-corrected chi connectivity index (χ2v) is 5.52. The summed E-state index contributed by atoms with van der Waals surface area (Å²) in [7, 11) is 1.67. The molecule has 88 valence electrons. The van der Waals surface area contributed by atoms with E-state index in [0.29, 0.717) is 0 Å². The normalized spacial score (nSPS) is 17.3. The molecule has 1 aliphatic rings. The number of methoxy groups -OCH3 is 1. The maximum Gasteiger partial charge on any atom is 0.142 e. The first-order valence-electron chi connectivity index (χ1n) is 5.80. The third kappa shape index (κ3) is 2.64. The van der Waals surface area contributed by atoms with Gasteiger partial charge in [0, 0.05) is 0 Å². The molecule has 0 bridgehead atoms. The number of rotatable bonds is 3. The van der Waals surface area contributed by atoms with Crippen LogP contribution in [0.15, 0.2) is 18.2 Å². The van der Waals surface area contributed by atoms with E-state index >= 15 is 0 Å². The lowest BCUT2D eigenvalue weighted by atomic mass is 9.93. The fraction of sp³-hybridized carbons (Fsp3) is 0.538. The van der Waals surface area contributed by atoms with Crippen molar-refractivity contribution >= 4 is 17.4 Å². The predicted octanol–water partition coefficient (Wildman–Crippen LogP) is 2.96. The number of benzene rings is 1. The molecule has 2 N–H and O–H groups in total. The van der Waals surface area contributed by atoms with Crippen molar-refractivity contribution < 1.29 is 4.74 Å². The summed E-state index contributed by atoms with van der Waals surface area (Å²) in [6, 6.07) is 6.08. The highest BCUT2D eigenvalue weighted by Crippen LogP contribution is 2.31. The second-order valence-electron chi connectivity index (χ2n) is 4.29. The summed E-state index contributed by atoms with van der Waals surface area (Å²) in [5.74, 6) is 4.21. The molecule has 0 amide bonds. The standard InChI is InChI=1S/C13H19NOS/c1-15-12-4-2-3-11(13(12)14)9-10-5-7-16-8-6-10/h2-4,10H,5-9,14H2,1H3. The Bertz CT molecular complexity index is 348. The molecular weight excluding hydrogens is 218 g/mol. The summed E-state index contributed by atoms with van der Waals surface area (Å²) in [6.45, 7) is 0. The Labute approximate surface area is 102 Å². The van der Waals surface area contributed by atoms with Crippen molar-refractivity contribution in [3.63, 3.8) is 0 Å². The first kappa shape index (κ1) is 11.6. The third-order valence-corrected chi connectivity index (χ3v) is 4.27. The smallest absolute Gasteiger partial charge is 0.142 e. The van der Waals surface area contributed by atoms with Crippen LogP contribution in [0, 0.1) is 5.92 Å². The molecule has 1 saturated heterocycles. The average molecular weight is 237 g/mol. The number of para-hydroxylation sites is 1. The van der Waals surface area contributed by atoms with Crippen molar-refractivity contribution in [2.45, 2.75) is 19.3 Å². The van der Waals surface area contributed by atoms with Crippen LogP contribution in [0.2, 0.25) is 0 Å². The van der Waals surface area contributed by atoms with Gasteiger partial charge in [0.1, 0.15) is 5.75 Å². The Kier molecular flexibility index (Phi) is 3.99. The van der Waals surface area contributed by atoms with Gasteiger partial charge in [0.25, 0.3) is 0 Å². The minimum absolute atomic E-state index is 0.802. The lowest BCUT2D eigenvalue weighted by molar-refractivity contribution is 0.415. The lowest BCUT2D eigenvalue weighted by Crippen LogP contribution is -2.13. The van der Waals surface area contributed by atoms with Crippen LogP contribution in [0.25, 0.3) is 0 Å². The molecule has 0 radical (unpaired) electrons. The van der Waals surface area contributed by atoms with E-state index in [1.165, 1.54) is 29.9 Å². The van der Waals surface area contributed by atoms with Crippen LogP contribution in [0.4, 0.5) is 5.69 Å². The first-order valence-corrected chi connectivity index (χ1v) is 6.96. The third-order valence-electron chi connectivity index (χ3n) is 3.23.